The van der Waals surface area contributed by atoms with Crippen molar-refractivity contribution in [3.63, 3.8) is 0 Å². The summed E-state index contributed by atoms with van der Waals surface area (Å²) in [6.07, 6.45) is 7.13. The highest BCUT2D eigenvalue weighted by Gasteiger charge is 2.41. The number of ether oxygens (including phenoxy) is 3. The molecule has 5 atom stereocenters. The number of carbonyl (C=O) groups excluding carboxylic acids is 5. The fourth-order valence-electron chi connectivity index (χ4n) is 7.50. The van der Waals surface area contributed by atoms with E-state index in [0.717, 1.165) is 35.3 Å². The summed E-state index contributed by atoms with van der Waals surface area (Å²) in [7, 11) is 3.83. The molecule has 17 nitrogen and oxygen atoms in total. The van der Waals surface area contributed by atoms with Gasteiger partial charge in [-0.25, -0.2) is 24.4 Å². The van der Waals surface area contributed by atoms with Crippen LogP contribution in [0.15, 0.2) is 64.2 Å². The number of H-pyrrole nitrogens is 1. The van der Waals surface area contributed by atoms with E-state index in [1.807, 2.05) is 70.2 Å². The number of amides is 5. The minimum Gasteiger partial charge on any atom is -0.453 e. The minimum atomic E-state index is -0.849. The Kier molecular flexibility index (Phi) is 13.2. The number of nitrogens with one attached hydrogen (secondary N) is 3. The van der Waals surface area contributed by atoms with Crippen molar-refractivity contribution in [3.8, 4) is 23.1 Å². The number of rotatable bonds is 9. The highest BCUT2D eigenvalue weighted by molar-refractivity contribution is 6.15. The van der Waals surface area contributed by atoms with Crippen LogP contribution in [0.1, 0.15) is 58.0 Å². The maximum atomic E-state index is 13.9. The highest BCUT2D eigenvalue weighted by Crippen LogP contribution is 2.29. The molecule has 1 aromatic carbocycles. The van der Waals surface area contributed by atoms with Crippen LogP contribution in [0.4, 0.5) is 14.4 Å². The molecule has 1 aromatic heterocycles. The van der Waals surface area contributed by atoms with Crippen LogP contribution in [-0.4, -0.2) is 138 Å². The number of hydrogen-bond acceptors (Lipinski definition) is 11. The molecular formula is C42H51N9O8. The van der Waals surface area contributed by atoms with Crippen LogP contribution < -0.4 is 10.6 Å². The lowest BCUT2D eigenvalue weighted by Gasteiger charge is -2.41. The number of hydrogen-bond donors (Lipinski definition) is 3. The number of allylic oxidation sites excluding steroid dienone is 2. The number of aromatic nitrogens is 2. The van der Waals surface area contributed by atoms with Crippen molar-refractivity contribution in [2.75, 3.05) is 47.5 Å². The van der Waals surface area contributed by atoms with E-state index in [4.69, 9.17) is 24.2 Å². The molecule has 0 saturated carbocycles. The summed E-state index contributed by atoms with van der Waals surface area (Å²) >= 11 is 0. The maximum Gasteiger partial charge on any atom is 0.409 e. The lowest BCUT2D eigenvalue weighted by Crippen LogP contribution is -2.58. The number of nitrogens with zero attached hydrogens (tertiary/aromatic N) is 6. The number of methoxy groups -OCH3 is 3. The van der Waals surface area contributed by atoms with E-state index < -0.39 is 36.4 Å². The van der Waals surface area contributed by atoms with Gasteiger partial charge in [0.25, 0.3) is 0 Å². The monoisotopic (exact) mass is 809 g/mol. The van der Waals surface area contributed by atoms with Crippen molar-refractivity contribution in [2.45, 2.75) is 70.7 Å². The van der Waals surface area contributed by atoms with E-state index in [2.05, 4.69) is 32.4 Å². The molecule has 2 saturated heterocycles. The first-order valence-corrected chi connectivity index (χ1v) is 19.7. The number of piperazine rings is 1. The van der Waals surface area contributed by atoms with E-state index in [9.17, 15) is 24.0 Å². The van der Waals surface area contributed by atoms with Crippen LogP contribution in [0.2, 0.25) is 0 Å². The third kappa shape index (κ3) is 9.48. The van der Waals surface area contributed by atoms with Crippen molar-refractivity contribution in [1.29, 1.82) is 0 Å². The molecule has 0 spiro atoms. The highest BCUT2D eigenvalue weighted by atomic mass is 16.5. The second kappa shape index (κ2) is 18.4. The Morgan fingerprint density at radius 2 is 1.46 bits per heavy atom. The van der Waals surface area contributed by atoms with Gasteiger partial charge in [0.15, 0.2) is 0 Å². The summed E-state index contributed by atoms with van der Waals surface area (Å²) < 4.78 is 14.5. The zero-order valence-electron chi connectivity index (χ0n) is 34.4. The van der Waals surface area contributed by atoms with Gasteiger partial charge in [0.1, 0.15) is 35.8 Å². The van der Waals surface area contributed by atoms with Gasteiger partial charge in [0.05, 0.1) is 51.5 Å². The first kappa shape index (κ1) is 42.2. The predicted molar refractivity (Wildman–Crippen MR) is 218 cm³/mol. The van der Waals surface area contributed by atoms with Gasteiger partial charge in [-0.2, -0.15) is 0 Å². The molecule has 4 aliphatic rings. The Labute approximate surface area is 343 Å². The van der Waals surface area contributed by atoms with Crippen molar-refractivity contribution in [1.82, 2.24) is 35.3 Å². The Bertz CT molecular complexity index is 2130. The lowest BCUT2D eigenvalue weighted by atomic mass is 10.0. The predicted octanol–water partition coefficient (Wildman–Crippen LogP) is 3.85. The fourth-order valence-corrected chi connectivity index (χ4v) is 7.50. The first-order chi connectivity index (χ1) is 28.3. The second-order valence-electron chi connectivity index (χ2n) is 15.3. The third-order valence-electron chi connectivity index (χ3n) is 10.8. The molecule has 6 rings (SSSR count). The number of fused-ring (bicyclic) bond motifs is 1. The average Bonchev–Trinajstić information content (AvgIpc) is 4.03. The zero-order valence-corrected chi connectivity index (χ0v) is 34.4. The van der Waals surface area contributed by atoms with Crippen molar-refractivity contribution < 1.29 is 38.2 Å². The number of carbonyl (C=O) groups is 5. The number of amidine groups is 1. The molecular weight excluding hydrogens is 759 g/mol. The second-order valence-corrected chi connectivity index (χ2v) is 15.3. The van der Waals surface area contributed by atoms with Crippen molar-refractivity contribution in [2.24, 2.45) is 21.8 Å². The molecule has 3 N–H and O–H groups in total. The van der Waals surface area contributed by atoms with E-state index in [0.29, 0.717) is 23.9 Å². The quantitative estimate of drug-likeness (QED) is 0.249. The summed E-state index contributed by atoms with van der Waals surface area (Å²) in [5.74, 6) is 6.68. The van der Waals surface area contributed by atoms with Crippen molar-refractivity contribution >= 4 is 41.6 Å². The van der Waals surface area contributed by atoms with Crippen LogP contribution in [0.3, 0.4) is 0 Å². The molecule has 312 valence electrons. The number of aromatic amines is 1. The van der Waals surface area contributed by atoms with Gasteiger partial charge in [-0.15, -0.1) is 0 Å². The lowest BCUT2D eigenvalue weighted by molar-refractivity contribution is -0.139. The van der Waals surface area contributed by atoms with Gasteiger partial charge in [-0.05, 0) is 60.6 Å². The summed E-state index contributed by atoms with van der Waals surface area (Å²) in [5, 5.41) is 5.32. The number of aliphatic imine (C=N–C) groups is 2. The van der Waals surface area contributed by atoms with Crippen LogP contribution in [0.25, 0.3) is 11.3 Å². The molecule has 0 radical (unpaired) electrons. The van der Waals surface area contributed by atoms with Crippen LogP contribution in [0.5, 0.6) is 0 Å². The van der Waals surface area contributed by atoms with Crippen LogP contribution in [-0.2, 0) is 23.8 Å². The van der Waals surface area contributed by atoms with E-state index >= 15 is 0 Å². The maximum absolute atomic E-state index is 13.9. The Balaban J connectivity index is 1.14. The average molecular weight is 810 g/mol. The smallest absolute Gasteiger partial charge is 0.409 e. The molecule has 5 amide bonds. The molecule has 3 unspecified atom stereocenters. The van der Waals surface area contributed by atoms with Gasteiger partial charge >= 0.3 is 18.3 Å². The van der Waals surface area contributed by atoms with Crippen molar-refractivity contribution in [3.05, 3.63) is 65.7 Å². The van der Waals surface area contributed by atoms with Gasteiger partial charge in [-0.3, -0.25) is 14.6 Å². The molecule has 17 heteroatoms. The molecule has 0 bridgehead atoms. The SMILES string of the molecule is COC(=O)N[C@H](C(=O)N1CCCC1C1=NC2C=C(C#Cc3ccc(-c4cnc(C5CN(C(=O)OC)CCN5C(=O)[C@@H](NC(=O)OC)C(C)C)[nH]4)cc3)C=CC2=N1)C(C)C. The minimum absolute atomic E-state index is 0.134. The van der Waals surface area contributed by atoms with E-state index in [1.165, 1.54) is 26.2 Å². The molecule has 2 fully saturated rings. The largest absolute Gasteiger partial charge is 0.453 e. The van der Waals surface area contributed by atoms with Crippen LogP contribution in [0, 0.1) is 23.7 Å². The normalized spacial score (nSPS) is 20.7. The van der Waals surface area contributed by atoms with Gasteiger partial charge < -0.3 is 44.5 Å². The summed E-state index contributed by atoms with van der Waals surface area (Å²) in [4.78, 5) is 86.6. The zero-order chi connectivity index (χ0) is 42.4. The first-order valence-electron chi connectivity index (χ1n) is 19.7. The number of likely N-dealkylation sites (tertiary alicyclic amines) is 1. The van der Waals surface area contributed by atoms with E-state index in [-0.39, 0.29) is 55.4 Å². The molecule has 4 heterocycles. The number of alkyl carbamates (subject to hydrolysis) is 2. The van der Waals surface area contributed by atoms with Crippen LogP contribution >= 0.6 is 0 Å². The Morgan fingerprint density at radius 3 is 2.07 bits per heavy atom. The summed E-state index contributed by atoms with van der Waals surface area (Å²) in [6, 6.07) is 4.85. The molecule has 1 aliphatic carbocycles. The molecule has 59 heavy (non-hydrogen) atoms. The summed E-state index contributed by atoms with van der Waals surface area (Å²) in [5.41, 5.74) is 3.91. The van der Waals surface area contributed by atoms with E-state index in [1.54, 1.807) is 16.0 Å². The Hall–Kier alpha value is -6.44. The van der Waals surface area contributed by atoms with Gasteiger partial charge in [-0.1, -0.05) is 51.7 Å². The third-order valence-corrected chi connectivity index (χ3v) is 10.8. The van der Waals surface area contributed by atoms with Gasteiger partial charge in [0, 0.05) is 30.8 Å². The number of imidazole rings is 1. The van der Waals surface area contributed by atoms with Gasteiger partial charge in [0.2, 0.25) is 11.8 Å². The standard InChI is InChI=1S/C42H51N9O8/c1-24(2)34(47-40(54)57-5)38(52)50-18-8-9-32(50)37-44-29-17-14-27(21-30(29)45-37)11-10-26-12-15-28(16-13-26)31-22-43-36(46-31)33-23-49(42(56)59-7)19-20-51(33)39(53)35(25(3)4)48-41(55)58-6/h12-17,21-22,24-25,30,32-35H,8-9,18-20,23H2,1-7H3,(H,43,46)(H,47,54)(H,48,55)/t30?,32?,33?,34-,35-/m0/s1. The molecule has 2 aromatic rings. The fraction of sp³-hybridized carbons (Fsp3) is 0.476. The number of benzene rings is 1. The topological polar surface area (TPSA) is 200 Å². The summed E-state index contributed by atoms with van der Waals surface area (Å²) in [6.45, 7) is 8.58. The Morgan fingerprint density at radius 1 is 0.814 bits per heavy atom. The molecule has 3 aliphatic heterocycles.